The molecule has 2 N–H and O–H groups in total. The zero-order valence-electron chi connectivity index (χ0n) is 16.3. The molecule has 154 valence electrons. The number of methoxy groups -OCH3 is 1. The highest BCUT2D eigenvalue weighted by Crippen LogP contribution is 2.29. The number of pyridine rings is 1. The zero-order valence-corrected chi connectivity index (χ0v) is 17.1. The van der Waals surface area contributed by atoms with Crippen molar-refractivity contribution in [3.63, 3.8) is 0 Å². The standard InChI is InChI=1S/C22H21N3O4S/c1-29-19-11-13-20(14-12-19)30(27,28)25(16-22(23)26)21-8-3-2-6-17(21)9-10-18-7-4-5-15-24-18/h2-15H,16H2,1H3,(H2,23,26)/b10-9-. The summed E-state index contributed by atoms with van der Waals surface area (Å²) >= 11 is 0. The number of anilines is 1. The number of carbonyl (C=O) groups excluding carboxylic acids is 1. The molecule has 3 aromatic rings. The summed E-state index contributed by atoms with van der Waals surface area (Å²) < 4.78 is 32.8. The summed E-state index contributed by atoms with van der Waals surface area (Å²) in [4.78, 5) is 16.0. The highest BCUT2D eigenvalue weighted by atomic mass is 32.2. The van der Waals surface area contributed by atoms with Crippen LogP contribution in [0.4, 0.5) is 5.69 Å². The van der Waals surface area contributed by atoms with Crippen molar-refractivity contribution in [3.05, 3.63) is 84.2 Å². The average molecular weight is 423 g/mol. The third-order valence-electron chi connectivity index (χ3n) is 4.27. The topological polar surface area (TPSA) is 103 Å². The number of rotatable bonds is 8. The Labute approximate surface area is 175 Å². The van der Waals surface area contributed by atoms with Crippen LogP contribution in [-0.4, -0.2) is 33.0 Å². The summed E-state index contributed by atoms with van der Waals surface area (Å²) in [6, 6.07) is 18.3. The second-order valence-electron chi connectivity index (χ2n) is 6.30. The van der Waals surface area contributed by atoms with Crippen molar-refractivity contribution in [1.82, 2.24) is 4.98 Å². The first-order valence-corrected chi connectivity index (χ1v) is 10.5. The van der Waals surface area contributed by atoms with Gasteiger partial charge in [-0.25, -0.2) is 8.42 Å². The lowest BCUT2D eigenvalue weighted by Crippen LogP contribution is -2.39. The lowest BCUT2D eigenvalue weighted by atomic mass is 10.1. The SMILES string of the molecule is COc1ccc(S(=O)(=O)N(CC(N)=O)c2ccccc2/C=C\c2ccccn2)cc1. The van der Waals surface area contributed by atoms with Gasteiger partial charge in [-0.2, -0.15) is 0 Å². The van der Waals surface area contributed by atoms with Crippen LogP contribution in [-0.2, 0) is 14.8 Å². The fourth-order valence-corrected chi connectivity index (χ4v) is 4.28. The maximum absolute atomic E-state index is 13.3. The molecule has 0 unspecified atom stereocenters. The Balaban J connectivity index is 2.06. The number of aromatic nitrogens is 1. The molecule has 30 heavy (non-hydrogen) atoms. The van der Waals surface area contributed by atoms with Gasteiger partial charge in [0.15, 0.2) is 0 Å². The number of nitrogens with zero attached hydrogens (tertiary/aromatic N) is 2. The van der Waals surface area contributed by atoms with E-state index in [0.717, 1.165) is 4.31 Å². The molecule has 0 atom stereocenters. The molecule has 1 aromatic heterocycles. The fraction of sp³-hybridized carbons (Fsp3) is 0.0909. The second kappa shape index (κ2) is 9.23. The van der Waals surface area contributed by atoms with E-state index in [2.05, 4.69) is 4.98 Å². The Bertz CT molecular complexity index is 1140. The van der Waals surface area contributed by atoms with Crippen LogP contribution in [0.1, 0.15) is 11.3 Å². The Morgan fingerprint density at radius 3 is 2.37 bits per heavy atom. The van der Waals surface area contributed by atoms with Crippen molar-refractivity contribution in [3.8, 4) is 5.75 Å². The van der Waals surface area contributed by atoms with Crippen LogP contribution in [0.5, 0.6) is 5.75 Å². The Hall–Kier alpha value is -3.65. The fourth-order valence-electron chi connectivity index (χ4n) is 2.82. The first-order valence-electron chi connectivity index (χ1n) is 9.05. The smallest absolute Gasteiger partial charge is 0.264 e. The predicted molar refractivity (Wildman–Crippen MR) is 116 cm³/mol. The Kier molecular flexibility index (Phi) is 6.48. The van der Waals surface area contributed by atoms with Crippen LogP contribution in [0.25, 0.3) is 12.2 Å². The summed E-state index contributed by atoms with van der Waals surface area (Å²) in [5, 5.41) is 0. The summed E-state index contributed by atoms with van der Waals surface area (Å²) in [5.41, 5.74) is 7.02. The highest BCUT2D eigenvalue weighted by molar-refractivity contribution is 7.92. The molecule has 2 aromatic carbocycles. The van der Waals surface area contributed by atoms with E-state index in [0.29, 0.717) is 22.7 Å². The molecule has 8 heteroatoms. The van der Waals surface area contributed by atoms with Gasteiger partial charge < -0.3 is 10.5 Å². The molecule has 0 spiro atoms. The van der Waals surface area contributed by atoms with E-state index in [1.165, 1.54) is 19.2 Å². The van der Waals surface area contributed by atoms with Gasteiger partial charge in [0, 0.05) is 6.20 Å². The van der Waals surface area contributed by atoms with Crippen molar-refractivity contribution in [2.75, 3.05) is 18.0 Å². The minimum absolute atomic E-state index is 0.0214. The molecule has 0 aliphatic carbocycles. The number of hydrogen-bond donors (Lipinski definition) is 1. The molecule has 3 rings (SSSR count). The van der Waals surface area contributed by atoms with E-state index in [-0.39, 0.29) is 4.90 Å². The number of benzene rings is 2. The molecule has 1 heterocycles. The van der Waals surface area contributed by atoms with Crippen molar-refractivity contribution in [2.45, 2.75) is 4.90 Å². The van der Waals surface area contributed by atoms with Crippen molar-refractivity contribution < 1.29 is 17.9 Å². The third-order valence-corrected chi connectivity index (χ3v) is 6.05. The highest BCUT2D eigenvalue weighted by Gasteiger charge is 2.27. The molecule has 7 nitrogen and oxygen atoms in total. The van der Waals surface area contributed by atoms with E-state index in [1.54, 1.807) is 60.8 Å². The van der Waals surface area contributed by atoms with Gasteiger partial charge in [-0.15, -0.1) is 0 Å². The molecule has 0 fully saturated rings. The minimum atomic E-state index is -4.05. The quantitative estimate of drug-likeness (QED) is 0.600. The monoisotopic (exact) mass is 423 g/mol. The van der Waals surface area contributed by atoms with Crippen molar-refractivity contribution in [1.29, 1.82) is 0 Å². The lowest BCUT2D eigenvalue weighted by molar-refractivity contribution is -0.116. The Morgan fingerprint density at radius 2 is 1.73 bits per heavy atom. The first kappa shape index (κ1) is 21.1. The number of carbonyl (C=O) groups is 1. The van der Waals surface area contributed by atoms with E-state index in [9.17, 15) is 13.2 Å². The Morgan fingerprint density at radius 1 is 1.03 bits per heavy atom. The minimum Gasteiger partial charge on any atom is -0.497 e. The van der Waals surface area contributed by atoms with E-state index in [1.807, 2.05) is 12.1 Å². The second-order valence-corrected chi connectivity index (χ2v) is 8.16. The number of nitrogens with two attached hydrogens (primary N) is 1. The van der Waals surface area contributed by atoms with Crippen LogP contribution in [0, 0.1) is 0 Å². The van der Waals surface area contributed by atoms with E-state index >= 15 is 0 Å². The van der Waals surface area contributed by atoms with Crippen molar-refractivity contribution in [2.24, 2.45) is 5.73 Å². The van der Waals surface area contributed by atoms with Crippen LogP contribution in [0.15, 0.2) is 77.8 Å². The van der Waals surface area contributed by atoms with Gasteiger partial charge in [-0.1, -0.05) is 30.3 Å². The molecule has 0 aliphatic rings. The van der Waals surface area contributed by atoms with Gasteiger partial charge in [0.1, 0.15) is 12.3 Å². The van der Waals surface area contributed by atoms with Crippen LogP contribution in [0.2, 0.25) is 0 Å². The van der Waals surface area contributed by atoms with E-state index in [4.69, 9.17) is 10.5 Å². The van der Waals surface area contributed by atoms with Gasteiger partial charge in [-0.05, 0) is 54.1 Å². The number of para-hydroxylation sites is 1. The summed E-state index contributed by atoms with van der Waals surface area (Å²) in [7, 11) is -2.56. The summed E-state index contributed by atoms with van der Waals surface area (Å²) in [6.07, 6.45) is 5.18. The number of sulfonamides is 1. The number of ether oxygens (including phenoxy) is 1. The molecule has 0 bridgehead atoms. The van der Waals surface area contributed by atoms with Crippen molar-refractivity contribution >= 4 is 33.8 Å². The number of primary amides is 1. The maximum Gasteiger partial charge on any atom is 0.264 e. The maximum atomic E-state index is 13.3. The molecule has 0 aliphatic heterocycles. The summed E-state index contributed by atoms with van der Waals surface area (Å²) in [6.45, 7) is -0.497. The average Bonchev–Trinajstić information content (AvgIpc) is 2.77. The number of amides is 1. The van der Waals surface area contributed by atoms with Crippen LogP contribution >= 0.6 is 0 Å². The molecular weight excluding hydrogens is 402 g/mol. The van der Waals surface area contributed by atoms with Crippen LogP contribution < -0.4 is 14.8 Å². The molecule has 1 amide bonds. The van der Waals surface area contributed by atoms with Gasteiger partial charge in [0.25, 0.3) is 10.0 Å². The molecular formula is C22H21N3O4S. The normalized spacial score (nSPS) is 11.4. The van der Waals surface area contributed by atoms with Crippen LogP contribution in [0.3, 0.4) is 0 Å². The predicted octanol–water partition coefficient (Wildman–Crippen LogP) is 2.94. The summed E-state index contributed by atoms with van der Waals surface area (Å²) in [5.74, 6) is -0.246. The molecule has 0 saturated heterocycles. The zero-order chi connectivity index (χ0) is 21.6. The largest absolute Gasteiger partial charge is 0.497 e. The van der Waals surface area contributed by atoms with Gasteiger partial charge in [0.2, 0.25) is 5.91 Å². The third kappa shape index (κ3) is 4.84. The molecule has 0 radical (unpaired) electrons. The van der Waals surface area contributed by atoms with Gasteiger partial charge in [0.05, 0.1) is 23.4 Å². The van der Waals surface area contributed by atoms with Gasteiger partial charge in [-0.3, -0.25) is 14.1 Å². The first-order chi connectivity index (χ1) is 14.4. The number of hydrogen-bond acceptors (Lipinski definition) is 5. The van der Waals surface area contributed by atoms with E-state index < -0.39 is 22.5 Å². The van der Waals surface area contributed by atoms with Gasteiger partial charge >= 0.3 is 0 Å². The molecule has 0 saturated carbocycles. The lowest BCUT2D eigenvalue weighted by Gasteiger charge is -2.25.